The molecule has 0 fully saturated rings. The average Bonchev–Trinajstić information content (AvgIpc) is 2.46. The third-order valence-corrected chi connectivity index (χ3v) is 4.23. The highest BCUT2D eigenvalue weighted by molar-refractivity contribution is 5.40. The van der Waals surface area contributed by atoms with E-state index in [0.29, 0.717) is 5.92 Å². The molecule has 118 valence electrons. The van der Waals surface area contributed by atoms with Crippen molar-refractivity contribution in [1.29, 1.82) is 0 Å². The first-order valence-corrected chi connectivity index (χ1v) is 7.40. The summed E-state index contributed by atoms with van der Waals surface area (Å²) in [6.45, 7) is 8.33. The molecule has 0 aliphatic rings. The predicted molar refractivity (Wildman–Crippen MR) is 84.1 cm³/mol. The molecule has 0 radical (unpaired) electrons. The maximum absolute atomic E-state index is 12.7. The van der Waals surface area contributed by atoms with Gasteiger partial charge in [-0.15, -0.1) is 0 Å². The molecule has 0 amide bonds. The van der Waals surface area contributed by atoms with Gasteiger partial charge in [0.1, 0.15) is 0 Å². The first kappa shape index (κ1) is 16.6. The van der Waals surface area contributed by atoms with Crippen molar-refractivity contribution < 1.29 is 13.2 Å². The number of alkyl halides is 3. The second-order valence-corrected chi connectivity index (χ2v) is 6.48. The SMILES string of the molecule is CC(C)c1ccc(C(C)(C)c2ccc(C(F)(F)F)cc2)cc1. The molecule has 0 saturated carbocycles. The molecule has 0 spiro atoms. The molecule has 0 nitrogen and oxygen atoms in total. The van der Waals surface area contributed by atoms with Gasteiger partial charge in [-0.3, -0.25) is 0 Å². The first-order valence-electron chi connectivity index (χ1n) is 7.40. The zero-order valence-electron chi connectivity index (χ0n) is 13.3. The van der Waals surface area contributed by atoms with E-state index in [-0.39, 0.29) is 5.41 Å². The van der Waals surface area contributed by atoms with E-state index in [9.17, 15) is 13.2 Å². The van der Waals surface area contributed by atoms with Crippen LogP contribution in [0.5, 0.6) is 0 Å². The van der Waals surface area contributed by atoms with Crippen molar-refractivity contribution in [2.45, 2.75) is 45.2 Å². The van der Waals surface area contributed by atoms with Crippen LogP contribution < -0.4 is 0 Å². The Morgan fingerprint density at radius 1 is 0.682 bits per heavy atom. The second kappa shape index (κ2) is 5.79. The fourth-order valence-corrected chi connectivity index (χ4v) is 2.53. The summed E-state index contributed by atoms with van der Waals surface area (Å²) in [6.07, 6.45) is -4.29. The van der Waals surface area contributed by atoms with Crippen molar-refractivity contribution in [2.24, 2.45) is 0 Å². The number of halogens is 3. The molecular formula is C19H21F3. The lowest BCUT2D eigenvalue weighted by Crippen LogP contribution is -2.19. The molecule has 0 aliphatic carbocycles. The summed E-state index contributed by atoms with van der Waals surface area (Å²) in [4.78, 5) is 0. The molecule has 3 heteroatoms. The number of hydrogen-bond acceptors (Lipinski definition) is 0. The van der Waals surface area contributed by atoms with Gasteiger partial charge < -0.3 is 0 Å². The Morgan fingerprint density at radius 2 is 1.05 bits per heavy atom. The Kier molecular flexibility index (Phi) is 4.37. The minimum Gasteiger partial charge on any atom is -0.166 e. The van der Waals surface area contributed by atoms with E-state index < -0.39 is 11.7 Å². The highest BCUT2D eigenvalue weighted by Crippen LogP contribution is 2.35. The molecule has 2 aromatic carbocycles. The van der Waals surface area contributed by atoms with Gasteiger partial charge in [-0.1, -0.05) is 64.1 Å². The van der Waals surface area contributed by atoms with Gasteiger partial charge in [0.15, 0.2) is 0 Å². The summed E-state index contributed by atoms with van der Waals surface area (Å²) in [5.74, 6) is 0.461. The van der Waals surface area contributed by atoms with Gasteiger partial charge >= 0.3 is 6.18 Å². The Hall–Kier alpha value is -1.77. The summed E-state index contributed by atoms with van der Waals surface area (Å²) in [5, 5.41) is 0. The van der Waals surface area contributed by atoms with E-state index in [1.807, 2.05) is 13.8 Å². The van der Waals surface area contributed by atoms with Crippen LogP contribution in [0.25, 0.3) is 0 Å². The molecule has 22 heavy (non-hydrogen) atoms. The quantitative estimate of drug-likeness (QED) is 0.637. The standard InChI is InChI=1S/C19H21F3/c1-13(2)14-5-7-15(8-6-14)18(3,4)16-9-11-17(12-10-16)19(20,21)22/h5-13H,1-4H3. The van der Waals surface area contributed by atoms with E-state index in [1.165, 1.54) is 5.56 Å². The van der Waals surface area contributed by atoms with Crippen LogP contribution in [-0.4, -0.2) is 0 Å². The maximum atomic E-state index is 12.7. The first-order chi connectivity index (χ1) is 10.1. The summed E-state index contributed by atoms with van der Waals surface area (Å²) >= 11 is 0. The van der Waals surface area contributed by atoms with Gasteiger partial charge in [-0.2, -0.15) is 13.2 Å². The highest BCUT2D eigenvalue weighted by atomic mass is 19.4. The van der Waals surface area contributed by atoms with Crippen molar-refractivity contribution in [3.05, 3.63) is 70.8 Å². The molecule has 0 aromatic heterocycles. The Morgan fingerprint density at radius 3 is 1.41 bits per heavy atom. The largest absolute Gasteiger partial charge is 0.416 e. The Bertz CT molecular complexity index is 617. The Labute approximate surface area is 130 Å². The number of rotatable bonds is 3. The van der Waals surface area contributed by atoms with Gasteiger partial charge in [0.05, 0.1) is 5.56 Å². The van der Waals surface area contributed by atoms with Gasteiger partial charge in [0, 0.05) is 5.41 Å². The lowest BCUT2D eigenvalue weighted by Gasteiger charge is -2.27. The average molecular weight is 306 g/mol. The second-order valence-electron chi connectivity index (χ2n) is 6.48. The molecule has 0 unspecified atom stereocenters. The van der Waals surface area contributed by atoms with E-state index in [4.69, 9.17) is 0 Å². The highest BCUT2D eigenvalue weighted by Gasteiger charge is 2.31. The van der Waals surface area contributed by atoms with Crippen LogP contribution in [0.3, 0.4) is 0 Å². The zero-order chi connectivity index (χ0) is 16.5. The summed E-state index contributed by atoms with van der Waals surface area (Å²) < 4.78 is 38.0. The molecule has 0 heterocycles. The van der Waals surface area contributed by atoms with Gasteiger partial charge in [0.25, 0.3) is 0 Å². The smallest absolute Gasteiger partial charge is 0.166 e. The number of benzene rings is 2. The van der Waals surface area contributed by atoms with Gasteiger partial charge in [-0.05, 0) is 34.7 Å². The van der Waals surface area contributed by atoms with Crippen molar-refractivity contribution >= 4 is 0 Å². The van der Waals surface area contributed by atoms with Crippen LogP contribution >= 0.6 is 0 Å². The molecule has 2 aromatic rings. The van der Waals surface area contributed by atoms with E-state index in [2.05, 4.69) is 38.1 Å². The van der Waals surface area contributed by atoms with Crippen LogP contribution in [0.4, 0.5) is 13.2 Å². The molecule has 0 N–H and O–H groups in total. The van der Waals surface area contributed by atoms with E-state index in [0.717, 1.165) is 23.3 Å². The van der Waals surface area contributed by atoms with Crippen molar-refractivity contribution in [3.8, 4) is 0 Å². The van der Waals surface area contributed by atoms with Gasteiger partial charge in [0.2, 0.25) is 0 Å². The maximum Gasteiger partial charge on any atom is 0.416 e. The fourth-order valence-electron chi connectivity index (χ4n) is 2.53. The normalized spacial score (nSPS) is 12.7. The third kappa shape index (κ3) is 3.34. The zero-order valence-corrected chi connectivity index (χ0v) is 13.3. The van der Waals surface area contributed by atoms with E-state index in [1.54, 1.807) is 12.1 Å². The van der Waals surface area contributed by atoms with Gasteiger partial charge in [-0.25, -0.2) is 0 Å². The molecule has 0 atom stereocenters. The van der Waals surface area contributed by atoms with Crippen LogP contribution in [0, 0.1) is 0 Å². The van der Waals surface area contributed by atoms with Crippen molar-refractivity contribution in [3.63, 3.8) is 0 Å². The summed E-state index contributed by atoms with van der Waals surface area (Å²) in [5.41, 5.74) is 2.28. The lowest BCUT2D eigenvalue weighted by molar-refractivity contribution is -0.137. The molecule has 0 bridgehead atoms. The van der Waals surface area contributed by atoms with Crippen LogP contribution in [0.1, 0.15) is 55.9 Å². The molecule has 0 saturated heterocycles. The lowest BCUT2D eigenvalue weighted by atomic mass is 9.77. The predicted octanol–water partition coefficient (Wildman–Crippen LogP) is 6.15. The molecule has 0 aliphatic heterocycles. The summed E-state index contributed by atoms with van der Waals surface area (Å²) in [6, 6.07) is 13.7. The monoisotopic (exact) mass is 306 g/mol. The minimum absolute atomic E-state index is 0.334. The molecular weight excluding hydrogens is 285 g/mol. The van der Waals surface area contributed by atoms with Crippen molar-refractivity contribution in [2.75, 3.05) is 0 Å². The van der Waals surface area contributed by atoms with Crippen LogP contribution in [-0.2, 0) is 11.6 Å². The molecule has 2 rings (SSSR count). The van der Waals surface area contributed by atoms with Crippen LogP contribution in [0.2, 0.25) is 0 Å². The topological polar surface area (TPSA) is 0 Å². The Balaban J connectivity index is 2.33. The number of hydrogen-bond donors (Lipinski definition) is 0. The third-order valence-electron chi connectivity index (χ3n) is 4.23. The minimum atomic E-state index is -4.29. The fraction of sp³-hybridized carbons (Fsp3) is 0.368. The van der Waals surface area contributed by atoms with Crippen LogP contribution in [0.15, 0.2) is 48.5 Å². The van der Waals surface area contributed by atoms with Crippen molar-refractivity contribution in [1.82, 2.24) is 0 Å². The van der Waals surface area contributed by atoms with E-state index >= 15 is 0 Å². The summed E-state index contributed by atoms with van der Waals surface area (Å²) in [7, 11) is 0.